The number of furan rings is 2. The number of hydrogen-bond donors (Lipinski definition) is 0. The molecule has 0 radical (unpaired) electrons. The first-order valence-corrected chi connectivity index (χ1v) is 19.2. The fourth-order valence-corrected chi connectivity index (χ4v) is 9.35. The zero-order chi connectivity index (χ0) is 40.4. The van der Waals surface area contributed by atoms with Gasteiger partial charge in [0.2, 0.25) is 0 Å². The lowest BCUT2D eigenvalue weighted by Crippen LogP contribution is -2.08. The number of nitrogens with zero attached hydrogens (tertiary/aromatic N) is 4. The zero-order valence-electron chi connectivity index (χ0n) is 31.2. The molecule has 4 aromatic heterocycles. The Bertz CT molecular complexity index is 3920. The molecule has 0 saturated carbocycles. The monoisotopic (exact) mass is 782 g/mol. The van der Waals surface area contributed by atoms with Crippen molar-refractivity contribution in [1.82, 2.24) is 9.13 Å². The van der Waals surface area contributed by atoms with Crippen LogP contribution in [0.15, 0.2) is 160 Å². The minimum atomic E-state index is -4.73. The van der Waals surface area contributed by atoms with Gasteiger partial charge in [0, 0.05) is 43.4 Å². The van der Waals surface area contributed by atoms with Crippen LogP contribution in [0.3, 0.4) is 0 Å². The maximum absolute atomic E-state index is 14.6. The number of halogens is 3. The van der Waals surface area contributed by atoms with Crippen LogP contribution in [0.1, 0.15) is 11.1 Å². The van der Waals surface area contributed by atoms with Crippen molar-refractivity contribution in [3.8, 4) is 28.6 Å². The fraction of sp³-hybridized carbons (Fsp3) is 0.0196. The van der Waals surface area contributed by atoms with Crippen molar-refractivity contribution in [2.45, 2.75) is 6.18 Å². The molecular formula is C51H25F3N4O2. The molecule has 0 spiro atoms. The average molecular weight is 783 g/mol. The van der Waals surface area contributed by atoms with Gasteiger partial charge < -0.3 is 18.0 Å². The van der Waals surface area contributed by atoms with Crippen molar-refractivity contribution in [1.29, 1.82) is 5.26 Å². The minimum absolute atomic E-state index is 0.148. The van der Waals surface area contributed by atoms with Crippen molar-refractivity contribution in [2.75, 3.05) is 0 Å². The summed E-state index contributed by atoms with van der Waals surface area (Å²) in [5.41, 5.74) is 6.29. The van der Waals surface area contributed by atoms with Gasteiger partial charge in [-0.05, 0) is 78.4 Å². The third-order valence-electron chi connectivity index (χ3n) is 11.8. The van der Waals surface area contributed by atoms with E-state index in [9.17, 15) is 18.4 Å². The van der Waals surface area contributed by atoms with Crippen LogP contribution in [0.4, 0.5) is 18.9 Å². The van der Waals surface area contributed by atoms with E-state index in [1.807, 2.05) is 126 Å². The molecule has 9 heteroatoms. The highest BCUT2D eigenvalue weighted by Gasteiger charge is 2.33. The molecule has 0 aliphatic heterocycles. The largest absolute Gasteiger partial charge is 0.456 e. The molecule has 6 nitrogen and oxygen atoms in total. The Morgan fingerprint density at radius 2 is 1.08 bits per heavy atom. The summed E-state index contributed by atoms with van der Waals surface area (Å²) < 4.78 is 60.7. The number of nitriles is 1. The normalized spacial score (nSPS) is 12.2. The van der Waals surface area contributed by atoms with Crippen molar-refractivity contribution in [3.05, 3.63) is 174 Å². The highest BCUT2D eigenvalue weighted by atomic mass is 19.4. The smallest absolute Gasteiger partial charge is 0.415 e. The first kappa shape index (κ1) is 33.8. The number of hydrogen-bond acceptors (Lipinski definition) is 3. The Hall–Kier alpha value is -8.27. The van der Waals surface area contributed by atoms with Gasteiger partial charge in [-0.3, -0.25) is 0 Å². The molecule has 0 N–H and O–H groups in total. The van der Waals surface area contributed by atoms with Crippen LogP contribution >= 0.6 is 0 Å². The summed E-state index contributed by atoms with van der Waals surface area (Å²) in [5.74, 6) is 0. The second-order valence-electron chi connectivity index (χ2n) is 14.9. The summed E-state index contributed by atoms with van der Waals surface area (Å²) in [6.45, 7) is 7.81. The van der Waals surface area contributed by atoms with E-state index in [0.717, 1.165) is 82.9 Å². The highest BCUT2D eigenvalue weighted by Crippen LogP contribution is 2.47. The van der Waals surface area contributed by atoms with Crippen LogP contribution in [-0.2, 0) is 6.18 Å². The van der Waals surface area contributed by atoms with E-state index < -0.39 is 11.7 Å². The van der Waals surface area contributed by atoms with Crippen LogP contribution in [0.5, 0.6) is 0 Å². The van der Waals surface area contributed by atoms with Gasteiger partial charge in [0.25, 0.3) is 0 Å². The minimum Gasteiger partial charge on any atom is -0.456 e. The first-order valence-electron chi connectivity index (χ1n) is 19.2. The molecule has 8 aromatic carbocycles. The van der Waals surface area contributed by atoms with Gasteiger partial charge >= 0.3 is 6.18 Å². The average Bonchev–Trinajstić information content (AvgIpc) is 4.02. The Balaban J connectivity index is 1.32. The van der Waals surface area contributed by atoms with Crippen molar-refractivity contribution >= 4 is 93.2 Å². The molecule has 282 valence electrons. The van der Waals surface area contributed by atoms with Gasteiger partial charge in [-0.25, -0.2) is 4.85 Å². The van der Waals surface area contributed by atoms with E-state index in [1.54, 1.807) is 12.1 Å². The summed E-state index contributed by atoms with van der Waals surface area (Å²) in [5, 5.41) is 18.8. The van der Waals surface area contributed by atoms with E-state index in [0.29, 0.717) is 33.7 Å². The number of alkyl halides is 3. The lowest BCUT2D eigenvalue weighted by molar-refractivity contribution is -0.137. The predicted molar refractivity (Wildman–Crippen MR) is 231 cm³/mol. The van der Waals surface area contributed by atoms with Crippen LogP contribution in [0, 0.1) is 17.9 Å². The van der Waals surface area contributed by atoms with Crippen LogP contribution in [-0.4, -0.2) is 9.13 Å². The Morgan fingerprint density at radius 1 is 0.550 bits per heavy atom. The van der Waals surface area contributed by atoms with Crippen molar-refractivity contribution in [3.63, 3.8) is 0 Å². The molecule has 12 rings (SSSR count). The second-order valence-corrected chi connectivity index (χ2v) is 14.9. The molecule has 0 fully saturated rings. The van der Waals surface area contributed by atoms with Crippen LogP contribution < -0.4 is 0 Å². The van der Waals surface area contributed by atoms with Crippen LogP contribution in [0.2, 0.25) is 0 Å². The van der Waals surface area contributed by atoms with Gasteiger partial charge in [-0.1, -0.05) is 78.9 Å². The van der Waals surface area contributed by atoms with Gasteiger partial charge in [0.05, 0.1) is 50.8 Å². The number of benzene rings is 8. The highest BCUT2D eigenvalue weighted by molar-refractivity contribution is 6.26. The molecule has 0 aliphatic carbocycles. The lowest BCUT2D eigenvalue weighted by Gasteiger charge is -2.21. The standard InChI is InChI=1S/C51H25F3N4O2/c1-56-30-25-28(24-29(26-30)51(52,53)54)31-18-21-41(57-39-14-6-2-10-32(39)34-19-22-44-46(49(34)57)36-12-4-8-16-42(36)59-44)38(27-55)48(31)58-40-15-7-3-11-33(40)35-20-23-45-47(50(35)58)37-13-5-9-17-43(37)60-45/h2-26H. The summed E-state index contributed by atoms with van der Waals surface area (Å²) in [6.07, 6.45) is -4.73. The molecule has 4 heterocycles. The summed E-state index contributed by atoms with van der Waals surface area (Å²) in [6, 6.07) is 48.8. The summed E-state index contributed by atoms with van der Waals surface area (Å²) >= 11 is 0. The van der Waals surface area contributed by atoms with Gasteiger partial charge in [0.15, 0.2) is 5.69 Å². The van der Waals surface area contributed by atoms with Gasteiger partial charge in [-0.2, -0.15) is 18.4 Å². The van der Waals surface area contributed by atoms with E-state index >= 15 is 0 Å². The first-order chi connectivity index (χ1) is 29.3. The van der Waals surface area contributed by atoms with E-state index in [-0.39, 0.29) is 16.8 Å². The molecule has 0 unspecified atom stereocenters. The van der Waals surface area contributed by atoms with Gasteiger partial charge in [0.1, 0.15) is 34.0 Å². The lowest BCUT2D eigenvalue weighted by atomic mass is 9.95. The summed E-state index contributed by atoms with van der Waals surface area (Å²) in [7, 11) is 0. The SMILES string of the molecule is [C-]#[N+]c1cc(-c2ccc(-n3c4ccccc4c4ccc5oc6ccccc6c5c43)c(C#N)c2-n2c3ccccc3c3ccc4oc5ccccc5c4c32)cc(C(F)(F)F)c1. The third kappa shape index (κ3) is 4.57. The van der Waals surface area contributed by atoms with Crippen molar-refractivity contribution < 1.29 is 22.0 Å². The fourth-order valence-electron chi connectivity index (χ4n) is 9.35. The third-order valence-corrected chi connectivity index (χ3v) is 11.8. The Kier molecular flexibility index (Phi) is 6.84. The topological polar surface area (TPSA) is 64.3 Å². The zero-order valence-corrected chi connectivity index (χ0v) is 31.2. The number of fused-ring (bicyclic) bond motifs is 14. The molecule has 0 atom stereocenters. The molecule has 60 heavy (non-hydrogen) atoms. The van der Waals surface area contributed by atoms with E-state index in [2.05, 4.69) is 15.5 Å². The summed E-state index contributed by atoms with van der Waals surface area (Å²) in [4.78, 5) is 3.46. The maximum Gasteiger partial charge on any atom is 0.415 e. The van der Waals surface area contributed by atoms with Crippen molar-refractivity contribution in [2.24, 2.45) is 0 Å². The molecule has 0 amide bonds. The van der Waals surface area contributed by atoms with E-state index in [1.165, 1.54) is 6.07 Å². The molecule has 0 bridgehead atoms. The molecular weight excluding hydrogens is 758 g/mol. The predicted octanol–water partition coefficient (Wildman–Crippen LogP) is 14.8. The van der Waals surface area contributed by atoms with Gasteiger partial charge in [-0.15, -0.1) is 0 Å². The maximum atomic E-state index is 14.6. The quantitative estimate of drug-likeness (QED) is 0.168. The second kappa shape index (κ2) is 12.1. The molecule has 12 aromatic rings. The Labute approximate surface area is 337 Å². The number of aromatic nitrogens is 2. The number of rotatable bonds is 3. The van der Waals surface area contributed by atoms with Crippen LogP contribution in [0.25, 0.3) is 115 Å². The number of para-hydroxylation sites is 4. The Morgan fingerprint density at radius 3 is 1.65 bits per heavy atom. The molecule has 0 saturated heterocycles. The molecule has 0 aliphatic rings. The van der Waals surface area contributed by atoms with E-state index in [4.69, 9.17) is 15.4 Å².